The van der Waals surface area contributed by atoms with Crippen LogP contribution in [0.25, 0.3) is 0 Å². The quantitative estimate of drug-likeness (QED) is 0.817. The summed E-state index contributed by atoms with van der Waals surface area (Å²) in [4.78, 5) is 4.04. The first-order chi connectivity index (χ1) is 7.84. The molecule has 4 heteroatoms. The summed E-state index contributed by atoms with van der Waals surface area (Å²) in [6, 6.07) is 0.483. The molecule has 0 aliphatic carbocycles. The van der Waals surface area contributed by atoms with Crippen LogP contribution in [-0.4, -0.2) is 35.4 Å². The molecule has 2 rings (SSSR count). The van der Waals surface area contributed by atoms with Gasteiger partial charge in [0.2, 0.25) is 0 Å². The number of nitrogens with one attached hydrogen (secondary N) is 1. The summed E-state index contributed by atoms with van der Waals surface area (Å²) in [5.41, 5.74) is 0. The van der Waals surface area contributed by atoms with E-state index in [9.17, 15) is 0 Å². The lowest BCUT2D eigenvalue weighted by atomic mass is 10.0. The fourth-order valence-corrected chi connectivity index (χ4v) is 2.11. The van der Waals surface area contributed by atoms with Crippen molar-refractivity contribution in [2.24, 2.45) is 5.92 Å². The van der Waals surface area contributed by atoms with Crippen LogP contribution in [0, 0.1) is 5.92 Å². The first kappa shape index (κ1) is 11.6. The van der Waals surface area contributed by atoms with E-state index in [-0.39, 0.29) is 0 Å². The van der Waals surface area contributed by atoms with Crippen molar-refractivity contribution < 1.29 is 4.74 Å². The molecule has 2 unspecified atom stereocenters. The number of ether oxygens (including phenoxy) is 1. The van der Waals surface area contributed by atoms with Gasteiger partial charge < -0.3 is 14.6 Å². The maximum Gasteiger partial charge on any atom is 0.0946 e. The van der Waals surface area contributed by atoms with Gasteiger partial charge in [0.05, 0.1) is 12.9 Å². The molecule has 1 aliphatic heterocycles. The van der Waals surface area contributed by atoms with Crippen LogP contribution in [-0.2, 0) is 11.3 Å². The lowest BCUT2D eigenvalue weighted by Crippen LogP contribution is -2.36. The molecular formula is C12H21N3O. The second-order valence-electron chi connectivity index (χ2n) is 4.65. The minimum absolute atomic E-state index is 0.483. The average Bonchev–Trinajstić information content (AvgIpc) is 2.81. The van der Waals surface area contributed by atoms with Crippen molar-refractivity contribution in [1.29, 1.82) is 0 Å². The molecule has 0 bridgehead atoms. The van der Waals surface area contributed by atoms with E-state index in [4.69, 9.17) is 4.74 Å². The van der Waals surface area contributed by atoms with Crippen LogP contribution in [0.4, 0.5) is 0 Å². The molecule has 1 N–H and O–H groups in total. The molecule has 1 aromatic rings. The molecule has 0 spiro atoms. The molecule has 0 saturated carbocycles. The van der Waals surface area contributed by atoms with Crippen molar-refractivity contribution in [3.63, 3.8) is 0 Å². The zero-order valence-corrected chi connectivity index (χ0v) is 9.93. The van der Waals surface area contributed by atoms with Crippen LogP contribution in [0.5, 0.6) is 0 Å². The Hall–Kier alpha value is -0.870. The van der Waals surface area contributed by atoms with Crippen LogP contribution < -0.4 is 5.32 Å². The Balaban J connectivity index is 1.65. The zero-order chi connectivity index (χ0) is 11.2. The van der Waals surface area contributed by atoms with Crippen molar-refractivity contribution in [2.45, 2.75) is 32.4 Å². The molecule has 1 saturated heterocycles. The standard InChI is InChI=1S/C12H21N3O/c1-11(8-15-5-4-13-10-15)14-7-12-3-2-6-16-9-12/h4-5,10-12,14H,2-3,6-9H2,1H3. The highest BCUT2D eigenvalue weighted by Gasteiger charge is 2.14. The van der Waals surface area contributed by atoms with Gasteiger partial charge in [-0.2, -0.15) is 0 Å². The molecule has 1 aromatic heterocycles. The Morgan fingerprint density at radius 2 is 2.56 bits per heavy atom. The lowest BCUT2D eigenvalue weighted by molar-refractivity contribution is 0.0538. The van der Waals surface area contributed by atoms with E-state index in [1.807, 2.05) is 18.7 Å². The Labute approximate surface area is 97.0 Å². The fraction of sp³-hybridized carbons (Fsp3) is 0.750. The van der Waals surface area contributed by atoms with Crippen LogP contribution >= 0.6 is 0 Å². The second kappa shape index (κ2) is 6.01. The van der Waals surface area contributed by atoms with Gasteiger partial charge in [0.1, 0.15) is 0 Å². The van der Waals surface area contributed by atoms with Crippen LogP contribution in [0.1, 0.15) is 19.8 Å². The first-order valence-corrected chi connectivity index (χ1v) is 6.11. The molecule has 90 valence electrons. The maximum atomic E-state index is 5.47. The fourth-order valence-electron chi connectivity index (χ4n) is 2.11. The van der Waals surface area contributed by atoms with E-state index in [2.05, 4.69) is 21.8 Å². The highest BCUT2D eigenvalue weighted by Crippen LogP contribution is 2.12. The van der Waals surface area contributed by atoms with Gasteiger partial charge in [0, 0.05) is 38.1 Å². The van der Waals surface area contributed by atoms with Gasteiger partial charge in [0.25, 0.3) is 0 Å². The Morgan fingerprint density at radius 1 is 1.62 bits per heavy atom. The largest absolute Gasteiger partial charge is 0.381 e. The number of hydrogen-bond acceptors (Lipinski definition) is 3. The highest BCUT2D eigenvalue weighted by atomic mass is 16.5. The third-order valence-electron chi connectivity index (χ3n) is 3.05. The van der Waals surface area contributed by atoms with Gasteiger partial charge >= 0.3 is 0 Å². The molecule has 16 heavy (non-hydrogen) atoms. The number of aromatic nitrogens is 2. The second-order valence-corrected chi connectivity index (χ2v) is 4.65. The Kier molecular flexibility index (Phi) is 4.36. The SMILES string of the molecule is CC(Cn1ccnc1)NCC1CCCOC1. The third-order valence-corrected chi connectivity index (χ3v) is 3.05. The molecule has 0 radical (unpaired) electrons. The average molecular weight is 223 g/mol. The number of rotatable bonds is 5. The summed E-state index contributed by atoms with van der Waals surface area (Å²) in [6.07, 6.45) is 8.19. The van der Waals surface area contributed by atoms with Crippen molar-refractivity contribution in [2.75, 3.05) is 19.8 Å². The van der Waals surface area contributed by atoms with Gasteiger partial charge in [-0.05, 0) is 25.7 Å². The van der Waals surface area contributed by atoms with E-state index >= 15 is 0 Å². The van der Waals surface area contributed by atoms with E-state index in [1.54, 1.807) is 0 Å². The predicted octanol–water partition coefficient (Wildman–Crippen LogP) is 1.29. The van der Waals surface area contributed by atoms with Gasteiger partial charge in [-0.25, -0.2) is 4.98 Å². The highest BCUT2D eigenvalue weighted by molar-refractivity contribution is 4.77. The summed E-state index contributed by atoms with van der Waals surface area (Å²) in [5, 5.41) is 3.56. The summed E-state index contributed by atoms with van der Waals surface area (Å²) in [6.45, 7) is 6.12. The maximum absolute atomic E-state index is 5.47. The minimum Gasteiger partial charge on any atom is -0.381 e. The van der Waals surface area contributed by atoms with E-state index in [0.29, 0.717) is 12.0 Å². The van der Waals surface area contributed by atoms with Gasteiger partial charge in [-0.3, -0.25) is 0 Å². The molecule has 2 atom stereocenters. The molecule has 0 aromatic carbocycles. The predicted molar refractivity (Wildman–Crippen MR) is 63.2 cm³/mol. The monoisotopic (exact) mass is 223 g/mol. The van der Waals surface area contributed by atoms with Gasteiger partial charge in [-0.15, -0.1) is 0 Å². The smallest absolute Gasteiger partial charge is 0.0946 e. The van der Waals surface area contributed by atoms with Crippen LogP contribution in [0.15, 0.2) is 18.7 Å². The first-order valence-electron chi connectivity index (χ1n) is 6.11. The van der Waals surface area contributed by atoms with Crippen molar-refractivity contribution in [3.05, 3.63) is 18.7 Å². The third kappa shape index (κ3) is 3.61. The topological polar surface area (TPSA) is 39.1 Å². The molecular weight excluding hydrogens is 202 g/mol. The summed E-state index contributed by atoms with van der Waals surface area (Å²) in [5.74, 6) is 0.694. The number of nitrogens with zero attached hydrogens (tertiary/aromatic N) is 2. The normalized spacial score (nSPS) is 23.2. The molecule has 4 nitrogen and oxygen atoms in total. The van der Waals surface area contributed by atoms with Gasteiger partial charge in [-0.1, -0.05) is 0 Å². The number of imidazole rings is 1. The number of hydrogen-bond donors (Lipinski definition) is 1. The molecule has 2 heterocycles. The Bertz CT molecular complexity index is 280. The van der Waals surface area contributed by atoms with E-state index in [0.717, 1.165) is 26.3 Å². The molecule has 0 amide bonds. The summed E-state index contributed by atoms with van der Waals surface area (Å²) in [7, 11) is 0. The summed E-state index contributed by atoms with van der Waals surface area (Å²) < 4.78 is 7.57. The van der Waals surface area contributed by atoms with Crippen LogP contribution in [0.2, 0.25) is 0 Å². The van der Waals surface area contributed by atoms with Crippen molar-refractivity contribution in [1.82, 2.24) is 14.9 Å². The molecule has 1 aliphatic rings. The van der Waals surface area contributed by atoms with E-state index < -0.39 is 0 Å². The van der Waals surface area contributed by atoms with Crippen molar-refractivity contribution in [3.8, 4) is 0 Å². The summed E-state index contributed by atoms with van der Waals surface area (Å²) >= 11 is 0. The van der Waals surface area contributed by atoms with Crippen molar-refractivity contribution >= 4 is 0 Å². The van der Waals surface area contributed by atoms with E-state index in [1.165, 1.54) is 12.8 Å². The lowest BCUT2D eigenvalue weighted by Gasteiger charge is -2.24. The molecule has 1 fully saturated rings. The van der Waals surface area contributed by atoms with Crippen LogP contribution in [0.3, 0.4) is 0 Å². The minimum atomic E-state index is 0.483. The van der Waals surface area contributed by atoms with Gasteiger partial charge in [0.15, 0.2) is 0 Å². The zero-order valence-electron chi connectivity index (χ0n) is 9.93. The Morgan fingerprint density at radius 3 is 3.25 bits per heavy atom.